The van der Waals surface area contributed by atoms with E-state index in [0.717, 1.165) is 6.42 Å². The first-order valence-corrected chi connectivity index (χ1v) is 5.94. The van der Waals surface area contributed by atoms with E-state index < -0.39 is 10.9 Å². The highest BCUT2D eigenvalue weighted by Crippen LogP contribution is 2.36. The van der Waals surface area contributed by atoms with Crippen LogP contribution in [-0.4, -0.2) is 40.3 Å². The number of para-hydroxylation sites is 1. The van der Waals surface area contributed by atoms with Crippen LogP contribution in [0.2, 0.25) is 0 Å². The van der Waals surface area contributed by atoms with Crippen molar-refractivity contribution in [2.75, 3.05) is 18.1 Å². The second-order valence-corrected chi connectivity index (χ2v) is 4.41. The Morgan fingerprint density at radius 3 is 2.84 bits per heavy atom. The van der Waals surface area contributed by atoms with E-state index in [0.29, 0.717) is 13.0 Å². The quantitative estimate of drug-likeness (QED) is 0.628. The summed E-state index contributed by atoms with van der Waals surface area (Å²) in [6, 6.07) is 3.72. The Morgan fingerprint density at radius 1 is 1.53 bits per heavy atom. The number of hydrogen-bond donors (Lipinski definition) is 2. The predicted molar refractivity (Wildman–Crippen MR) is 67.5 cm³/mol. The summed E-state index contributed by atoms with van der Waals surface area (Å²) in [6.45, 7) is 0.363. The lowest BCUT2D eigenvalue weighted by atomic mass is 10.1. The Labute approximate surface area is 109 Å². The third kappa shape index (κ3) is 2.37. The van der Waals surface area contributed by atoms with E-state index >= 15 is 0 Å². The van der Waals surface area contributed by atoms with Crippen LogP contribution in [0.15, 0.2) is 18.2 Å². The average molecular weight is 266 g/mol. The molecule has 0 aromatic heterocycles. The number of nitro groups is 1. The Hall–Kier alpha value is -2.15. The first-order chi connectivity index (χ1) is 9.06. The third-order valence-corrected chi connectivity index (χ3v) is 3.32. The second kappa shape index (κ2) is 5.23. The molecule has 1 atom stereocenters. The molecule has 7 heteroatoms. The summed E-state index contributed by atoms with van der Waals surface area (Å²) in [5.41, 5.74) is -0.244. The maximum Gasteiger partial charge on any atom is 0.338 e. The van der Waals surface area contributed by atoms with E-state index in [1.807, 2.05) is 0 Å². The molecule has 0 amide bonds. The van der Waals surface area contributed by atoms with Gasteiger partial charge in [0.15, 0.2) is 0 Å². The summed E-state index contributed by atoms with van der Waals surface area (Å²) in [5, 5.41) is 29.5. The van der Waals surface area contributed by atoms with E-state index in [9.17, 15) is 25.1 Å². The van der Waals surface area contributed by atoms with Crippen molar-refractivity contribution in [1.82, 2.24) is 0 Å². The topological polar surface area (TPSA) is 104 Å². The smallest absolute Gasteiger partial charge is 0.338 e. The molecule has 1 unspecified atom stereocenters. The number of anilines is 1. The number of aliphatic hydroxyl groups excluding tert-OH is 1. The van der Waals surface area contributed by atoms with Gasteiger partial charge in [0, 0.05) is 12.6 Å². The van der Waals surface area contributed by atoms with Gasteiger partial charge in [0.05, 0.1) is 23.1 Å². The van der Waals surface area contributed by atoms with Crippen molar-refractivity contribution >= 4 is 17.3 Å². The van der Waals surface area contributed by atoms with Gasteiger partial charge in [0.1, 0.15) is 5.69 Å². The standard InChI is InChI=1S/C12H14N2O5/c15-7-8-3-2-6-13(8)11-9(12(16)17)4-1-5-10(11)14(18)19/h1,4-5,8,15H,2-3,6-7H2,(H,16,17). The van der Waals surface area contributed by atoms with Crippen molar-refractivity contribution in [3.8, 4) is 0 Å². The highest BCUT2D eigenvalue weighted by Gasteiger charge is 2.33. The molecule has 1 fully saturated rings. The zero-order valence-electron chi connectivity index (χ0n) is 10.2. The molecule has 1 aliphatic rings. The monoisotopic (exact) mass is 266 g/mol. The van der Waals surface area contributed by atoms with Gasteiger partial charge in [-0.3, -0.25) is 10.1 Å². The normalized spacial score (nSPS) is 18.6. The molecule has 2 N–H and O–H groups in total. The lowest BCUT2D eigenvalue weighted by Crippen LogP contribution is -2.33. The number of hydrogen-bond acceptors (Lipinski definition) is 5. The third-order valence-electron chi connectivity index (χ3n) is 3.32. The zero-order chi connectivity index (χ0) is 14.0. The van der Waals surface area contributed by atoms with Crippen LogP contribution in [0.4, 0.5) is 11.4 Å². The Balaban J connectivity index is 2.58. The fourth-order valence-corrected chi connectivity index (χ4v) is 2.47. The molecular weight excluding hydrogens is 252 g/mol. The number of aliphatic hydroxyl groups is 1. The largest absolute Gasteiger partial charge is 0.478 e. The van der Waals surface area contributed by atoms with Gasteiger partial charge in [-0.1, -0.05) is 6.07 Å². The van der Waals surface area contributed by atoms with E-state index in [-0.39, 0.29) is 29.6 Å². The van der Waals surface area contributed by atoms with E-state index in [1.54, 1.807) is 4.90 Å². The van der Waals surface area contributed by atoms with Crippen molar-refractivity contribution in [2.45, 2.75) is 18.9 Å². The number of nitro benzene ring substituents is 1. The number of nitrogens with zero attached hydrogens (tertiary/aromatic N) is 2. The summed E-state index contributed by atoms with van der Waals surface area (Å²) >= 11 is 0. The summed E-state index contributed by atoms with van der Waals surface area (Å²) in [6.07, 6.45) is 1.47. The van der Waals surface area contributed by atoms with E-state index in [4.69, 9.17) is 0 Å². The van der Waals surface area contributed by atoms with Gasteiger partial charge in [-0.25, -0.2) is 4.79 Å². The fraction of sp³-hybridized carbons (Fsp3) is 0.417. The number of carbonyl (C=O) groups is 1. The van der Waals surface area contributed by atoms with Crippen molar-refractivity contribution in [2.24, 2.45) is 0 Å². The highest BCUT2D eigenvalue weighted by molar-refractivity contribution is 5.97. The van der Waals surface area contributed by atoms with Crippen molar-refractivity contribution in [3.63, 3.8) is 0 Å². The molecular formula is C12H14N2O5. The maximum absolute atomic E-state index is 11.2. The van der Waals surface area contributed by atoms with Gasteiger partial charge in [-0.05, 0) is 18.9 Å². The second-order valence-electron chi connectivity index (χ2n) is 4.41. The van der Waals surface area contributed by atoms with E-state index in [1.165, 1.54) is 18.2 Å². The molecule has 0 spiro atoms. The minimum absolute atomic E-state index is 0.0940. The molecule has 2 rings (SSSR count). The fourth-order valence-electron chi connectivity index (χ4n) is 2.47. The summed E-state index contributed by atoms with van der Waals surface area (Å²) in [4.78, 5) is 23.3. The molecule has 1 aromatic rings. The molecule has 102 valence electrons. The van der Waals surface area contributed by atoms with Crippen LogP contribution in [0.5, 0.6) is 0 Å². The van der Waals surface area contributed by atoms with Gasteiger partial charge in [0.25, 0.3) is 5.69 Å². The molecule has 0 aliphatic carbocycles. The lowest BCUT2D eigenvalue weighted by molar-refractivity contribution is -0.384. The van der Waals surface area contributed by atoms with Gasteiger partial charge >= 0.3 is 5.97 Å². The van der Waals surface area contributed by atoms with Crippen LogP contribution in [-0.2, 0) is 0 Å². The number of rotatable bonds is 4. The maximum atomic E-state index is 11.2. The van der Waals surface area contributed by atoms with Crippen LogP contribution in [0.3, 0.4) is 0 Å². The molecule has 1 saturated heterocycles. The number of aromatic carboxylic acids is 1. The van der Waals surface area contributed by atoms with Crippen LogP contribution >= 0.6 is 0 Å². The summed E-state index contributed by atoms with van der Waals surface area (Å²) in [5.74, 6) is -1.21. The molecule has 0 radical (unpaired) electrons. The van der Waals surface area contributed by atoms with Gasteiger partial charge in [-0.15, -0.1) is 0 Å². The Kier molecular flexibility index (Phi) is 3.66. The van der Waals surface area contributed by atoms with Crippen molar-refractivity contribution < 1.29 is 19.9 Å². The van der Waals surface area contributed by atoms with Crippen LogP contribution in [0.25, 0.3) is 0 Å². The average Bonchev–Trinajstić information content (AvgIpc) is 2.85. The summed E-state index contributed by atoms with van der Waals surface area (Å²) in [7, 11) is 0. The van der Waals surface area contributed by atoms with E-state index in [2.05, 4.69) is 0 Å². The van der Waals surface area contributed by atoms with Crippen molar-refractivity contribution in [1.29, 1.82) is 0 Å². The molecule has 0 bridgehead atoms. The number of carboxylic acid groups (broad SMARTS) is 1. The number of carboxylic acids is 1. The molecule has 7 nitrogen and oxygen atoms in total. The highest BCUT2D eigenvalue weighted by atomic mass is 16.6. The first-order valence-electron chi connectivity index (χ1n) is 5.94. The molecule has 1 aliphatic heterocycles. The first kappa shape index (κ1) is 13.3. The van der Waals surface area contributed by atoms with Crippen LogP contribution < -0.4 is 4.90 Å². The van der Waals surface area contributed by atoms with Gasteiger partial charge < -0.3 is 15.1 Å². The van der Waals surface area contributed by atoms with Crippen molar-refractivity contribution in [3.05, 3.63) is 33.9 Å². The lowest BCUT2D eigenvalue weighted by Gasteiger charge is -2.26. The zero-order valence-corrected chi connectivity index (χ0v) is 10.2. The summed E-state index contributed by atoms with van der Waals surface area (Å²) < 4.78 is 0. The minimum atomic E-state index is -1.21. The minimum Gasteiger partial charge on any atom is -0.478 e. The van der Waals surface area contributed by atoms with Gasteiger partial charge in [0.2, 0.25) is 0 Å². The Bertz CT molecular complexity index is 485. The van der Waals surface area contributed by atoms with Gasteiger partial charge in [-0.2, -0.15) is 0 Å². The molecule has 1 aromatic carbocycles. The van der Waals surface area contributed by atoms with Crippen LogP contribution in [0, 0.1) is 10.1 Å². The molecule has 0 saturated carbocycles. The van der Waals surface area contributed by atoms with Crippen LogP contribution in [0.1, 0.15) is 23.2 Å². The number of benzene rings is 1. The molecule has 19 heavy (non-hydrogen) atoms. The Morgan fingerprint density at radius 2 is 2.26 bits per heavy atom. The molecule has 1 heterocycles. The predicted octanol–water partition coefficient (Wildman–Crippen LogP) is 1.25. The SMILES string of the molecule is O=C(O)c1cccc([N+](=O)[O-])c1N1CCCC1CO.